The zero-order chi connectivity index (χ0) is 49.9. The quantitative estimate of drug-likeness (QED) is 0.166. The first-order valence-electron chi connectivity index (χ1n) is 23.4. The molecule has 6 bridgehead atoms. The Labute approximate surface area is 406 Å². The second-order valence-corrected chi connectivity index (χ2v) is 20.5. The first-order valence-corrected chi connectivity index (χ1v) is 24.3. The van der Waals surface area contributed by atoms with Crippen molar-refractivity contribution in [1.29, 1.82) is 0 Å². The van der Waals surface area contributed by atoms with Gasteiger partial charge in [0.25, 0.3) is 17.7 Å². The molecule has 0 unspecified atom stereocenters. The summed E-state index contributed by atoms with van der Waals surface area (Å²) in [6, 6.07) is 5.36. The van der Waals surface area contributed by atoms with Gasteiger partial charge < -0.3 is 29.2 Å². The Morgan fingerprint density at radius 3 is 2.61 bits per heavy atom. The first-order chi connectivity index (χ1) is 32.7. The summed E-state index contributed by atoms with van der Waals surface area (Å²) in [6.07, 6.45) is 1.51. The van der Waals surface area contributed by atoms with Gasteiger partial charge in [0.2, 0.25) is 11.8 Å². The van der Waals surface area contributed by atoms with E-state index in [-0.39, 0.29) is 38.0 Å². The van der Waals surface area contributed by atoms with Gasteiger partial charge in [0.1, 0.15) is 12.1 Å². The number of hydrazine groups is 1. The lowest BCUT2D eigenvalue weighted by Gasteiger charge is -2.40. The summed E-state index contributed by atoms with van der Waals surface area (Å²) >= 11 is 1.28. The highest BCUT2D eigenvalue weighted by atomic mass is 32.1. The van der Waals surface area contributed by atoms with Gasteiger partial charge in [0.15, 0.2) is 6.04 Å². The maximum Gasteiger partial charge on any atom is 0.331 e. The molecule has 2 saturated heterocycles. The van der Waals surface area contributed by atoms with Gasteiger partial charge in [-0.1, -0.05) is 39.7 Å². The van der Waals surface area contributed by atoms with Crippen LogP contribution in [0, 0.1) is 29.1 Å². The first kappa shape index (κ1) is 51.1. The number of aromatic nitrogens is 3. The molecule has 2 fully saturated rings. The molecule has 0 aliphatic carbocycles. The van der Waals surface area contributed by atoms with E-state index in [1.165, 1.54) is 28.2 Å². The molecule has 370 valence electrons. The Kier molecular flexibility index (Phi) is 15.6. The molecule has 4 atom stereocenters. The molecule has 0 radical (unpaired) electrons. The Bertz CT molecular complexity index is 2650. The van der Waals surface area contributed by atoms with Crippen molar-refractivity contribution in [1.82, 2.24) is 45.0 Å². The number of aryl methyl sites for hydroxylation is 1. The molecule has 4 aromatic rings. The van der Waals surface area contributed by atoms with E-state index < -0.39 is 72.0 Å². The number of esters is 1. The number of halogens is 2. The van der Waals surface area contributed by atoms with E-state index in [2.05, 4.69) is 45.1 Å². The molecular weight excluding hydrogens is 909 g/mol. The van der Waals surface area contributed by atoms with Gasteiger partial charge in [-0.15, -0.1) is 11.3 Å². The molecule has 2 N–H and O–H groups in total. The van der Waals surface area contributed by atoms with E-state index in [1.807, 2.05) is 62.5 Å². The lowest BCUT2D eigenvalue weighted by Crippen LogP contribution is -2.67. The van der Waals surface area contributed by atoms with Crippen LogP contribution in [0.2, 0.25) is 0 Å². The molecule has 3 aromatic heterocycles. The highest BCUT2D eigenvalue weighted by Gasteiger charge is 2.51. The summed E-state index contributed by atoms with van der Waals surface area (Å²) in [5, 5.41) is 7.09. The number of amides is 4. The van der Waals surface area contributed by atoms with Crippen molar-refractivity contribution in [3.8, 4) is 34.4 Å². The number of hydrogen-bond acceptors (Lipinski definition) is 12. The van der Waals surface area contributed by atoms with E-state index in [0.717, 1.165) is 44.0 Å². The molecule has 0 saturated carbocycles. The monoisotopic (exact) mass is 971 g/mol. The average Bonchev–Trinajstić information content (AvgIpc) is 4.06. The molecule has 69 heavy (non-hydrogen) atoms. The topological polar surface area (TPSA) is 172 Å². The van der Waals surface area contributed by atoms with Crippen LogP contribution in [-0.4, -0.2) is 149 Å². The number of nitrogens with zero attached hydrogens (tertiary/aromatic N) is 7. The predicted octanol–water partition coefficient (Wildman–Crippen LogP) is 4.78. The highest BCUT2D eigenvalue weighted by molar-refractivity contribution is 7.10. The number of carbonyl (C=O) groups excluding carboxylic acids is 5. The summed E-state index contributed by atoms with van der Waals surface area (Å²) < 4.78 is 45.1. The van der Waals surface area contributed by atoms with Crippen molar-refractivity contribution < 1.29 is 42.2 Å². The maximum atomic E-state index is 15.8. The Hall–Kier alpha value is -5.81. The van der Waals surface area contributed by atoms with E-state index in [9.17, 15) is 24.0 Å². The number of methoxy groups -OCH3 is 1. The molecule has 7 rings (SSSR count). The number of carbonyl (C=O) groups is 5. The van der Waals surface area contributed by atoms with Crippen LogP contribution in [0.15, 0.2) is 41.9 Å². The normalized spacial score (nSPS) is 20.9. The number of likely N-dealkylation sites (N-methyl/N-ethyl adjacent to an activating group) is 1. The summed E-state index contributed by atoms with van der Waals surface area (Å²) in [4.78, 5) is 84.1. The van der Waals surface area contributed by atoms with Crippen LogP contribution in [-0.2, 0) is 59.4 Å². The molecule has 3 aliphatic rings. The minimum Gasteiger partial charge on any atom is -0.464 e. The van der Waals surface area contributed by atoms with Crippen LogP contribution >= 0.6 is 11.3 Å². The van der Waals surface area contributed by atoms with Gasteiger partial charge >= 0.3 is 5.97 Å². The van der Waals surface area contributed by atoms with E-state index >= 15 is 8.78 Å². The lowest BCUT2D eigenvalue weighted by atomic mass is 9.84. The third-order valence-corrected chi connectivity index (χ3v) is 13.8. The van der Waals surface area contributed by atoms with Crippen molar-refractivity contribution in [2.45, 2.75) is 97.5 Å². The molecule has 6 heterocycles. The fourth-order valence-corrected chi connectivity index (χ4v) is 10.4. The molecular formula is C50H63F2N9O7S. The molecule has 3 aliphatic heterocycles. The number of nitrogens with one attached hydrogen (secondary N) is 2. The standard InChI is InChI=1S/C50H63F2N9O7S/c1-10-60-39-16-15-31-23-34(39)35(43(60)33-13-11-19-53-37(33)27-67-9)25-49(4,5)29-68-48(66)44-50(51,52)18-22-61(56-44)47(65)36(24-40-54-38(31)28-69-40)55-45(63)42(30(2)3)58(8)46(64)32-17-21-59(26-32)41(62)14-12-20-57(6)7/h11,13,15-16,19,23,28,30,32,36,42,44,56H,10,17-18,20-22,24-27,29H2,1-9H3,(H,55,63)/t32-,36-,42-,44+/m0/s1. The summed E-state index contributed by atoms with van der Waals surface area (Å²) in [5.74, 6) is -2.49. The molecule has 0 spiro atoms. The van der Waals surface area contributed by atoms with Crippen LogP contribution in [0.3, 0.4) is 0 Å². The Morgan fingerprint density at radius 1 is 1.13 bits per heavy atom. The number of alkyl halides is 2. The molecule has 4 amide bonds. The number of thiazole rings is 1. The number of benzene rings is 1. The molecule has 16 nitrogen and oxygen atoms in total. The summed E-state index contributed by atoms with van der Waals surface area (Å²) in [7, 11) is 6.82. The second kappa shape index (κ2) is 21.0. The number of cyclic esters (lactones) is 1. The Morgan fingerprint density at radius 2 is 1.90 bits per heavy atom. The maximum absolute atomic E-state index is 15.8. The van der Waals surface area contributed by atoms with Crippen molar-refractivity contribution >= 4 is 51.8 Å². The largest absolute Gasteiger partial charge is 0.464 e. The number of hydrogen-bond donors (Lipinski definition) is 2. The predicted molar refractivity (Wildman–Crippen MR) is 257 cm³/mol. The Balaban J connectivity index is 1.24. The van der Waals surface area contributed by atoms with Crippen molar-refractivity contribution in [2.75, 3.05) is 61.0 Å². The smallest absolute Gasteiger partial charge is 0.331 e. The number of likely N-dealkylation sites (tertiary alicyclic amines) is 1. The van der Waals surface area contributed by atoms with Crippen molar-refractivity contribution in [3.63, 3.8) is 0 Å². The summed E-state index contributed by atoms with van der Waals surface area (Å²) in [5.41, 5.74) is 7.57. The minimum absolute atomic E-state index is 0.128. The SMILES string of the molecule is CCn1c(-c2cccnc2COC)c2c3cc(ccc31)-c1csc(n1)C[C@H](NC(=O)[C@H](C(C)C)N(C)C(=O)[C@H]1CCN(C(=O)C#CCN(C)C)C1)C(=O)N1CCC(F)(F)[C@H](N1)C(=O)OCC(C)(C)C2. The molecule has 1 aromatic carbocycles. The van der Waals surface area contributed by atoms with Crippen molar-refractivity contribution in [3.05, 3.63) is 58.2 Å². The molecule has 19 heteroatoms. The number of rotatable bonds is 10. The summed E-state index contributed by atoms with van der Waals surface area (Å²) in [6.45, 7) is 10.5. The number of ether oxygens (including phenoxy) is 2. The highest BCUT2D eigenvalue weighted by Crippen LogP contribution is 2.41. The van der Waals surface area contributed by atoms with Gasteiger partial charge in [-0.3, -0.25) is 38.9 Å². The van der Waals surface area contributed by atoms with Crippen LogP contribution in [0.25, 0.3) is 33.4 Å². The minimum atomic E-state index is -3.58. The van der Waals surface area contributed by atoms with Crippen LogP contribution in [0.1, 0.15) is 63.7 Å². The van der Waals surface area contributed by atoms with Gasteiger partial charge in [-0.25, -0.2) is 19.2 Å². The number of fused-ring (bicyclic) bond motifs is 6. The van der Waals surface area contributed by atoms with Gasteiger partial charge in [0.05, 0.1) is 47.8 Å². The number of pyridine rings is 1. The zero-order valence-electron chi connectivity index (χ0n) is 40.9. The van der Waals surface area contributed by atoms with E-state index in [4.69, 9.17) is 14.5 Å². The van der Waals surface area contributed by atoms with Crippen LogP contribution < -0.4 is 10.7 Å². The fraction of sp³-hybridized carbons (Fsp3) is 0.540. The van der Waals surface area contributed by atoms with Gasteiger partial charge in [-0.2, -0.15) is 0 Å². The van der Waals surface area contributed by atoms with Crippen LogP contribution in [0.5, 0.6) is 0 Å². The van der Waals surface area contributed by atoms with Crippen LogP contribution in [0.4, 0.5) is 8.78 Å². The van der Waals surface area contributed by atoms with Crippen molar-refractivity contribution in [2.24, 2.45) is 17.3 Å². The zero-order valence-corrected chi connectivity index (χ0v) is 41.7. The average molecular weight is 972 g/mol. The fourth-order valence-electron chi connectivity index (χ4n) is 9.51. The second-order valence-electron chi connectivity index (χ2n) is 19.6. The van der Waals surface area contributed by atoms with E-state index in [0.29, 0.717) is 43.2 Å². The third-order valence-electron chi connectivity index (χ3n) is 13.0. The van der Waals surface area contributed by atoms with Gasteiger partial charge in [-0.05, 0) is 75.5 Å². The van der Waals surface area contributed by atoms with Gasteiger partial charge in [0, 0.05) is 92.2 Å². The third kappa shape index (κ3) is 11.1. The van der Waals surface area contributed by atoms with E-state index in [1.54, 1.807) is 27.2 Å². The lowest BCUT2D eigenvalue weighted by molar-refractivity contribution is -0.176.